The molecular formula is C12H17NO. The second-order valence-electron chi connectivity index (χ2n) is 4.24. The van der Waals surface area contributed by atoms with Crippen LogP contribution in [0.5, 0.6) is 5.75 Å². The standard InChI is InChI=1S/C12H17NO/c1-9(2)8-14-12-4-3-10-6-13-7-11(10)5-12/h3-5,9,13H,6-8H2,1-2H3. The molecule has 0 amide bonds. The Balaban J connectivity index is 2.05. The second-order valence-corrected chi connectivity index (χ2v) is 4.24. The van der Waals surface area contributed by atoms with Gasteiger partial charge < -0.3 is 10.1 Å². The monoisotopic (exact) mass is 191 g/mol. The van der Waals surface area contributed by atoms with Crippen LogP contribution in [0.2, 0.25) is 0 Å². The largest absolute Gasteiger partial charge is 0.493 e. The lowest BCUT2D eigenvalue weighted by atomic mass is 10.1. The van der Waals surface area contributed by atoms with Gasteiger partial charge in [0.25, 0.3) is 0 Å². The topological polar surface area (TPSA) is 21.3 Å². The maximum atomic E-state index is 5.66. The molecule has 1 heterocycles. The van der Waals surface area contributed by atoms with Gasteiger partial charge in [-0.3, -0.25) is 0 Å². The number of rotatable bonds is 3. The van der Waals surface area contributed by atoms with E-state index in [1.165, 1.54) is 11.1 Å². The maximum absolute atomic E-state index is 5.66. The minimum absolute atomic E-state index is 0.585. The van der Waals surface area contributed by atoms with Gasteiger partial charge in [0.05, 0.1) is 6.61 Å². The van der Waals surface area contributed by atoms with Crippen molar-refractivity contribution < 1.29 is 4.74 Å². The minimum atomic E-state index is 0.585. The third-order valence-corrected chi connectivity index (χ3v) is 2.39. The Hall–Kier alpha value is -1.02. The van der Waals surface area contributed by atoms with Crippen LogP contribution in [0.3, 0.4) is 0 Å². The van der Waals surface area contributed by atoms with Gasteiger partial charge in [0.15, 0.2) is 0 Å². The molecule has 1 aliphatic rings. The van der Waals surface area contributed by atoms with Crippen molar-refractivity contribution in [3.05, 3.63) is 29.3 Å². The number of nitrogens with one attached hydrogen (secondary N) is 1. The van der Waals surface area contributed by atoms with Crippen molar-refractivity contribution in [1.82, 2.24) is 5.32 Å². The van der Waals surface area contributed by atoms with E-state index in [4.69, 9.17) is 4.74 Å². The SMILES string of the molecule is CC(C)COc1ccc2c(c1)CNC2. The lowest BCUT2D eigenvalue weighted by Gasteiger charge is -2.09. The average molecular weight is 191 g/mol. The van der Waals surface area contributed by atoms with E-state index in [9.17, 15) is 0 Å². The summed E-state index contributed by atoms with van der Waals surface area (Å²) in [5.41, 5.74) is 2.79. The molecule has 14 heavy (non-hydrogen) atoms. The summed E-state index contributed by atoms with van der Waals surface area (Å²) in [5, 5.41) is 3.32. The highest BCUT2D eigenvalue weighted by molar-refractivity contribution is 5.37. The highest BCUT2D eigenvalue weighted by Crippen LogP contribution is 2.21. The number of hydrogen-bond donors (Lipinski definition) is 1. The molecule has 0 aromatic heterocycles. The van der Waals surface area contributed by atoms with E-state index < -0.39 is 0 Å². The van der Waals surface area contributed by atoms with Gasteiger partial charge in [0.1, 0.15) is 5.75 Å². The molecule has 0 saturated carbocycles. The predicted molar refractivity (Wildman–Crippen MR) is 57.3 cm³/mol. The Morgan fingerprint density at radius 2 is 2.07 bits per heavy atom. The summed E-state index contributed by atoms with van der Waals surface area (Å²) in [6.45, 7) is 7.10. The fourth-order valence-electron chi connectivity index (χ4n) is 1.62. The Labute approximate surface area is 85.3 Å². The molecule has 2 heteroatoms. The molecule has 0 atom stereocenters. The van der Waals surface area contributed by atoms with Crippen LogP contribution in [0.1, 0.15) is 25.0 Å². The van der Waals surface area contributed by atoms with Crippen molar-refractivity contribution >= 4 is 0 Å². The lowest BCUT2D eigenvalue weighted by molar-refractivity contribution is 0.271. The van der Waals surface area contributed by atoms with E-state index in [0.717, 1.165) is 25.4 Å². The highest BCUT2D eigenvalue weighted by Gasteiger charge is 2.10. The molecule has 1 aromatic carbocycles. The molecule has 76 valence electrons. The van der Waals surface area contributed by atoms with Crippen LogP contribution in [0.4, 0.5) is 0 Å². The number of benzene rings is 1. The summed E-state index contributed by atoms with van der Waals surface area (Å²) >= 11 is 0. The van der Waals surface area contributed by atoms with Crippen LogP contribution in [0.15, 0.2) is 18.2 Å². The molecule has 2 rings (SSSR count). The molecule has 1 aromatic rings. The maximum Gasteiger partial charge on any atom is 0.119 e. The van der Waals surface area contributed by atoms with Crippen LogP contribution < -0.4 is 10.1 Å². The zero-order chi connectivity index (χ0) is 9.97. The third-order valence-electron chi connectivity index (χ3n) is 2.39. The fraction of sp³-hybridized carbons (Fsp3) is 0.500. The summed E-state index contributed by atoms with van der Waals surface area (Å²) in [6.07, 6.45) is 0. The van der Waals surface area contributed by atoms with Crippen molar-refractivity contribution in [3.63, 3.8) is 0 Å². The smallest absolute Gasteiger partial charge is 0.119 e. The first-order valence-corrected chi connectivity index (χ1v) is 5.21. The molecule has 0 unspecified atom stereocenters. The van der Waals surface area contributed by atoms with Crippen molar-refractivity contribution in [3.8, 4) is 5.75 Å². The van der Waals surface area contributed by atoms with Gasteiger partial charge in [0.2, 0.25) is 0 Å². The van der Waals surface area contributed by atoms with Gasteiger partial charge >= 0.3 is 0 Å². The molecule has 0 fully saturated rings. The second kappa shape index (κ2) is 4.01. The van der Waals surface area contributed by atoms with Crippen molar-refractivity contribution in [2.75, 3.05) is 6.61 Å². The first-order chi connectivity index (χ1) is 6.75. The predicted octanol–water partition coefficient (Wildman–Crippen LogP) is 2.32. The zero-order valence-electron chi connectivity index (χ0n) is 8.84. The molecule has 0 aliphatic carbocycles. The van der Waals surface area contributed by atoms with E-state index in [0.29, 0.717) is 5.92 Å². The van der Waals surface area contributed by atoms with Gasteiger partial charge in [-0.1, -0.05) is 19.9 Å². The lowest BCUT2D eigenvalue weighted by Crippen LogP contribution is -2.04. The van der Waals surface area contributed by atoms with Crippen molar-refractivity contribution in [2.45, 2.75) is 26.9 Å². The number of fused-ring (bicyclic) bond motifs is 1. The minimum Gasteiger partial charge on any atom is -0.493 e. The van der Waals surface area contributed by atoms with Gasteiger partial charge in [0, 0.05) is 13.1 Å². The van der Waals surface area contributed by atoms with Gasteiger partial charge in [-0.15, -0.1) is 0 Å². The van der Waals surface area contributed by atoms with E-state index in [1.54, 1.807) is 0 Å². The summed E-state index contributed by atoms with van der Waals surface area (Å²) in [7, 11) is 0. The van der Waals surface area contributed by atoms with E-state index >= 15 is 0 Å². The van der Waals surface area contributed by atoms with Gasteiger partial charge in [-0.25, -0.2) is 0 Å². The van der Waals surface area contributed by atoms with Crippen LogP contribution >= 0.6 is 0 Å². The van der Waals surface area contributed by atoms with Crippen LogP contribution in [0.25, 0.3) is 0 Å². The Morgan fingerprint density at radius 1 is 1.29 bits per heavy atom. The summed E-state index contributed by atoms with van der Waals surface area (Å²) in [6, 6.07) is 6.37. The molecule has 0 radical (unpaired) electrons. The van der Waals surface area contributed by atoms with Gasteiger partial charge in [-0.05, 0) is 29.2 Å². The van der Waals surface area contributed by atoms with Crippen LogP contribution in [-0.4, -0.2) is 6.61 Å². The molecule has 0 bridgehead atoms. The zero-order valence-corrected chi connectivity index (χ0v) is 8.84. The van der Waals surface area contributed by atoms with Gasteiger partial charge in [-0.2, -0.15) is 0 Å². The molecule has 1 aliphatic heterocycles. The highest BCUT2D eigenvalue weighted by atomic mass is 16.5. The molecule has 0 saturated heterocycles. The Morgan fingerprint density at radius 3 is 2.86 bits per heavy atom. The fourth-order valence-corrected chi connectivity index (χ4v) is 1.62. The summed E-state index contributed by atoms with van der Waals surface area (Å²) < 4.78 is 5.66. The average Bonchev–Trinajstić information content (AvgIpc) is 2.61. The molecular weight excluding hydrogens is 174 g/mol. The number of hydrogen-bond acceptors (Lipinski definition) is 2. The normalized spacial score (nSPS) is 14.5. The van der Waals surface area contributed by atoms with Crippen LogP contribution in [-0.2, 0) is 13.1 Å². The van der Waals surface area contributed by atoms with E-state index in [1.807, 2.05) is 0 Å². The Bertz CT molecular complexity index is 320. The summed E-state index contributed by atoms with van der Waals surface area (Å²) in [5.74, 6) is 1.59. The van der Waals surface area contributed by atoms with Crippen molar-refractivity contribution in [2.24, 2.45) is 5.92 Å². The first-order valence-electron chi connectivity index (χ1n) is 5.21. The van der Waals surface area contributed by atoms with Crippen molar-refractivity contribution in [1.29, 1.82) is 0 Å². The Kier molecular flexibility index (Phi) is 2.73. The first kappa shape index (κ1) is 9.53. The third kappa shape index (κ3) is 2.07. The molecule has 2 nitrogen and oxygen atoms in total. The van der Waals surface area contributed by atoms with E-state index in [2.05, 4.69) is 37.4 Å². The quantitative estimate of drug-likeness (QED) is 0.791. The van der Waals surface area contributed by atoms with Crippen LogP contribution in [0, 0.1) is 5.92 Å². The molecule has 0 spiro atoms. The molecule has 1 N–H and O–H groups in total. The van der Waals surface area contributed by atoms with E-state index in [-0.39, 0.29) is 0 Å². The summed E-state index contributed by atoms with van der Waals surface area (Å²) in [4.78, 5) is 0. The number of ether oxygens (including phenoxy) is 1.